The number of hydrogen-bond donors (Lipinski definition) is 1. The topological polar surface area (TPSA) is 84.9 Å². The van der Waals surface area contributed by atoms with E-state index in [1.54, 1.807) is 12.1 Å². The summed E-state index contributed by atoms with van der Waals surface area (Å²) >= 11 is 0. The summed E-state index contributed by atoms with van der Waals surface area (Å²) in [5.74, 6) is 0.435. The second-order valence-corrected chi connectivity index (χ2v) is 6.56. The number of benzene rings is 1. The quantitative estimate of drug-likeness (QED) is 0.768. The summed E-state index contributed by atoms with van der Waals surface area (Å²) in [4.78, 5) is 11.9. The number of sulfonamides is 1. The van der Waals surface area contributed by atoms with Gasteiger partial charge < -0.3 is 14.8 Å². The third-order valence-corrected chi connectivity index (χ3v) is 4.04. The molecular formula is C14H22N2O5S. The van der Waals surface area contributed by atoms with Crippen molar-refractivity contribution in [3.05, 3.63) is 18.2 Å². The summed E-state index contributed by atoms with van der Waals surface area (Å²) in [5, 5.41) is 2.65. The Balaban J connectivity index is 3.20. The van der Waals surface area contributed by atoms with Crippen molar-refractivity contribution in [2.45, 2.75) is 13.3 Å². The molecule has 0 fully saturated rings. The van der Waals surface area contributed by atoms with E-state index in [1.807, 2.05) is 6.92 Å². The SMILES string of the molecule is CCCNC(=O)CN(c1cc(OC)ccc1OC)S(C)(=O)=O. The summed E-state index contributed by atoms with van der Waals surface area (Å²) < 4.78 is 35.4. The van der Waals surface area contributed by atoms with Crippen molar-refractivity contribution in [1.29, 1.82) is 0 Å². The van der Waals surface area contributed by atoms with Crippen molar-refractivity contribution < 1.29 is 22.7 Å². The van der Waals surface area contributed by atoms with Gasteiger partial charge in [-0.3, -0.25) is 9.10 Å². The normalized spacial score (nSPS) is 10.9. The highest BCUT2D eigenvalue weighted by Gasteiger charge is 2.24. The summed E-state index contributed by atoms with van der Waals surface area (Å²) in [7, 11) is -0.749. The van der Waals surface area contributed by atoms with E-state index in [0.29, 0.717) is 18.0 Å². The second kappa shape index (κ2) is 7.88. The van der Waals surface area contributed by atoms with Gasteiger partial charge in [0.15, 0.2) is 0 Å². The maximum absolute atomic E-state index is 12.1. The highest BCUT2D eigenvalue weighted by Crippen LogP contribution is 2.33. The molecule has 0 atom stereocenters. The Bertz CT molecular complexity index is 616. The Morgan fingerprint density at radius 1 is 1.27 bits per heavy atom. The molecule has 1 N–H and O–H groups in total. The molecule has 0 saturated carbocycles. The molecule has 8 heteroatoms. The minimum absolute atomic E-state index is 0.260. The zero-order chi connectivity index (χ0) is 16.8. The van der Waals surface area contributed by atoms with Crippen LogP contribution < -0.4 is 19.1 Å². The van der Waals surface area contributed by atoms with Crippen molar-refractivity contribution in [3.63, 3.8) is 0 Å². The van der Waals surface area contributed by atoms with Crippen LogP contribution in [0, 0.1) is 0 Å². The third kappa shape index (κ3) is 4.80. The number of rotatable bonds is 8. The molecule has 7 nitrogen and oxygen atoms in total. The van der Waals surface area contributed by atoms with Crippen LogP contribution >= 0.6 is 0 Å². The maximum atomic E-state index is 12.1. The zero-order valence-corrected chi connectivity index (χ0v) is 14.1. The van der Waals surface area contributed by atoms with E-state index in [0.717, 1.165) is 17.0 Å². The van der Waals surface area contributed by atoms with Gasteiger partial charge >= 0.3 is 0 Å². The maximum Gasteiger partial charge on any atom is 0.240 e. The van der Waals surface area contributed by atoms with Crippen LogP contribution in [0.1, 0.15) is 13.3 Å². The smallest absolute Gasteiger partial charge is 0.240 e. The van der Waals surface area contributed by atoms with E-state index >= 15 is 0 Å². The number of nitrogens with zero attached hydrogens (tertiary/aromatic N) is 1. The molecule has 0 radical (unpaired) electrons. The van der Waals surface area contributed by atoms with Crippen molar-refractivity contribution in [2.75, 3.05) is 37.9 Å². The van der Waals surface area contributed by atoms with Crippen LogP contribution in [-0.2, 0) is 14.8 Å². The average Bonchev–Trinajstić information content (AvgIpc) is 2.48. The lowest BCUT2D eigenvalue weighted by Crippen LogP contribution is -2.40. The predicted octanol–water partition coefficient (Wildman–Crippen LogP) is 0.996. The molecule has 124 valence electrons. The lowest BCUT2D eigenvalue weighted by atomic mass is 10.2. The van der Waals surface area contributed by atoms with Crippen molar-refractivity contribution in [3.8, 4) is 11.5 Å². The number of carbonyl (C=O) groups excluding carboxylic acids is 1. The Morgan fingerprint density at radius 2 is 1.95 bits per heavy atom. The van der Waals surface area contributed by atoms with Gasteiger partial charge in [0, 0.05) is 12.6 Å². The molecule has 1 rings (SSSR count). The van der Waals surface area contributed by atoms with Gasteiger partial charge in [0.1, 0.15) is 18.0 Å². The third-order valence-electron chi connectivity index (χ3n) is 2.91. The fraction of sp³-hybridized carbons (Fsp3) is 0.500. The molecule has 0 spiro atoms. The first-order valence-electron chi connectivity index (χ1n) is 6.80. The van der Waals surface area contributed by atoms with Crippen molar-refractivity contribution in [2.24, 2.45) is 0 Å². The molecular weight excluding hydrogens is 308 g/mol. The summed E-state index contributed by atoms with van der Waals surface area (Å²) in [6.45, 7) is 2.09. The molecule has 1 aromatic rings. The number of anilines is 1. The first-order chi connectivity index (χ1) is 10.3. The Hall–Kier alpha value is -1.96. The number of methoxy groups -OCH3 is 2. The molecule has 0 aliphatic rings. The van der Waals surface area contributed by atoms with Gasteiger partial charge in [0.25, 0.3) is 0 Å². The summed E-state index contributed by atoms with van der Waals surface area (Å²) in [6.07, 6.45) is 1.81. The van der Waals surface area contributed by atoms with Crippen molar-refractivity contribution in [1.82, 2.24) is 5.32 Å². The number of amides is 1. The second-order valence-electron chi connectivity index (χ2n) is 4.66. The first kappa shape index (κ1) is 18.1. The zero-order valence-electron chi connectivity index (χ0n) is 13.3. The van der Waals surface area contributed by atoms with Gasteiger partial charge in [-0.25, -0.2) is 8.42 Å². The number of carbonyl (C=O) groups is 1. The van der Waals surface area contributed by atoms with Gasteiger partial charge in [0.2, 0.25) is 15.9 Å². The Labute approximate surface area is 131 Å². The minimum Gasteiger partial charge on any atom is -0.497 e. The Kier molecular flexibility index (Phi) is 6.48. The number of nitrogens with one attached hydrogen (secondary N) is 1. The van der Waals surface area contributed by atoms with Crippen molar-refractivity contribution >= 4 is 21.6 Å². The molecule has 0 aromatic heterocycles. The first-order valence-corrected chi connectivity index (χ1v) is 8.64. The molecule has 0 heterocycles. The number of ether oxygens (including phenoxy) is 2. The van der Waals surface area contributed by atoms with Crippen LogP contribution in [-0.4, -0.2) is 47.9 Å². The minimum atomic E-state index is -3.66. The fourth-order valence-electron chi connectivity index (χ4n) is 1.82. The molecule has 0 aliphatic carbocycles. The fourth-order valence-corrected chi connectivity index (χ4v) is 2.68. The molecule has 0 saturated heterocycles. The molecule has 1 amide bonds. The van der Waals surface area contributed by atoms with E-state index in [4.69, 9.17) is 9.47 Å². The molecule has 22 heavy (non-hydrogen) atoms. The van der Waals surface area contributed by atoms with E-state index in [2.05, 4.69) is 5.32 Å². The van der Waals surface area contributed by atoms with E-state index in [-0.39, 0.29) is 18.1 Å². The van der Waals surface area contributed by atoms with Crippen LogP contribution in [0.25, 0.3) is 0 Å². The highest BCUT2D eigenvalue weighted by atomic mass is 32.2. The highest BCUT2D eigenvalue weighted by molar-refractivity contribution is 7.92. The van der Waals surface area contributed by atoms with Crippen LogP contribution in [0.2, 0.25) is 0 Å². The van der Waals surface area contributed by atoms with Gasteiger partial charge in [0.05, 0.1) is 26.2 Å². The van der Waals surface area contributed by atoms with Gasteiger partial charge in [-0.1, -0.05) is 6.92 Å². The molecule has 0 unspecified atom stereocenters. The lowest BCUT2D eigenvalue weighted by Gasteiger charge is -2.24. The van der Waals surface area contributed by atoms with Crippen LogP contribution in [0.4, 0.5) is 5.69 Å². The standard InChI is InChI=1S/C14H22N2O5S/c1-5-8-15-14(17)10-16(22(4,18)19)12-9-11(20-2)6-7-13(12)21-3/h6-7,9H,5,8,10H2,1-4H3,(H,15,17). The largest absolute Gasteiger partial charge is 0.497 e. The summed E-state index contributed by atoms with van der Waals surface area (Å²) in [5.41, 5.74) is 0.260. The lowest BCUT2D eigenvalue weighted by molar-refractivity contribution is -0.119. The monoisotopic (exact) mass is 330 g/mol. The van der Waals surface area contributed by atoms with Gasteiger partial charge in [-0.15, -0.1) is 0 Å². The Morgan fingerprint density at radius 3 is 2.45 bits per heavy atom. The average molecular weight is 330 g/mol. The van der Waals surface area contributed by atoms with Gasteiger partial charge in [-0.2, -0.15) is 0 Å². The van der Waals surface area contributed by atoms with E-state index in [9.17, 15) is 13.2 Å². The van der Waals surface area contributed by atoms with E-state index < -0.39 is 10.0 Å². The molecule has 0 bridgehead atoms. The van der Waals surface area contributed by atoms with Gasteiger partial charge in [-0.05, 0) is 18.6 Å². The van der Waals surface area contributed by atoms with Crippen LogP contribution in [0.5, 0.6) is 11.5 Å². The summed E-state index contributed by atoms with van der Waals surface area (Å²) in [6, 6.07) is 4.77. The van der Waals surface area contributed by atoms with Crippen LogP contribution in [0.3, 0.4) is 0 Å². The number of hydrogen-bond acceptors (Lipinski definition) is 5. The van der Waals surface area contributed by atoms with E-state index in [1.165, 1.54) is 20.3 Å². The molecule has 0 aliphatic heterocycles. The molecule has 1 aromatic carbocycles. The predicted molar refractivity (Wildman–Crippen MR) is 85.0 cm³/mol. The van der Waals surface area contributed by atoms with Crippen LogP contribution in [0.15, 0.2) is 18.2 Å².